The molecule has 0 spiro atoms. The highest BCUT2D eigenvalue weighted by Crippen LogP contribution is 2.52. The minimum Gasteiger partial charge on any atom is -0.329 e. The molecular weight excluding hydrogens is 392 g/mol. The quantitative estimate of drug-likeness (QED) is 0.209. The normalized spacial score (nSPS) is 12.6. The average molecular weight is 412 g/mol. The Hall–Kier alpha value is 0.520. The van der Waals surface area contributed by atoms with Gasteiger partial charge < -0.3 is 50.6 Å². The summed E-state index contributed by atoms with van der Waals surface area (Å²) in [7, 11) is -18.2. The Morgan fingerprint density at radius 1 is 0.500 bits per heavy atom. The minimum absolute atomic E-state index is 0.597. The van der Waals surface area contributed by atoms with E-state index in [1.54, 1.807) is 0 Å². The third-order valence-corrected chi connectivity index (χ3v) is 6.80. The van der Waals surface area contributed by atoms with Crippen molar-refractivity contribution in [1.29, 1.82) is 0 Å². The Labute approximate surface area is 125 Å². The van der Waals surface area contributed by atoms with E-state index < -0.39 is 42.2 Å². The van der Waals surface area contributed by atoms with E-state index in [0.29, 0.717) is 13.1 Å². The van der Waals surface area contributed by atoms with Gasteiger partial charge >= 0.3 is 30.4 Å². The second-order valence-electron chi connectivity index (χ2n) is 3.52. The summed E-state index contributed by atoms with van der Waals surface area (Å²) < 4.78 is 39.4. The van der Waals surface area contributed by atoms with E-state index in [-0.39, 0.29) is 0 Å². The van der Waals surface area contributed by atoms with Crippen LogP contribution in [0.4, 0.5) is 0 Å². The molecule has 14 nitrogen and oxygen atoms in total. The lowest BCUT2D eigenvalue weighted by atomic mass is 10.7. The molecule has 0 bridgehead atoms. The molecule has 0 aliphatic carbocycles. The van der Waals surface area contributed by atoms with Crippen molar-refractivity contribution in [1.82, 2.24) is 0 Å². The Morgan fingerprint density at radius 3 is 0.636 bits per heavy atom. The summed E-state index contributed by atoms with van der Waals surface area (Å²) >= 11 is 0. The van der Waals surface area contributed by atoms with Gasteiger partial charge in [-0.1, -0.05) is 0 Å². The van der Waals surface area contributed by atoms with Crippen LogP contribution in [0.25, 0.3) is 0 Å². The molecule has 0 aliphatic heterocycles. The second kappa shape index (κ2) is 11.1. The van der Waals surface area contributed by atoms with Crippen molar-refractivity contribution in [2.24, 2.45) is 11.5 Å². The highest BCUT2D eigenvalue weighted by molar-refractivity contribution is 7.69. The molecule has 0 fully saturated rings. The molecule has 0 atom stereocenters. The standard InChI is InChI=1S/C2H8N2.2CH6O6P2/c3-1-2-4;2*2-8(3,4)1-9(5,6)7/h1-4H2;2*1H2,(H2,2,3,4)(H2,5,6,7). The maximum absolute atomic E-state index is 9.85. The van der Waals surface area contributed by atoms with Crippen LogP contribution in [0.3, 0.4) is 0 Å². The van der Waals surface area contributed by atoms with Crippen LogP contribution in [-0.4, -0.2) is 64.0 Å². The first-order chi connectivity index (χ1) is 9.33. The first-order valence-corrected chi connectivity index (χ1v) is 12.1. The summed E-state index contributed by atoms with van der Waals surface area (Å²) in [6, 6.07) is 0. The van der Waals surface area contributed by atoms with Gasteiger partial charge in [0.15, 0.2) is 11.8 Å². The Balaban J connectivity index is -0.000000266. The van der Waals surface area contributed by atoms with Gasteiger partial charge in [0.1, 0.15) is 0 Å². The second-order valence-corrected chi connectivity index (χ2v) is 11.1. The molecule has 0 amide bonds. The minimum atomic E-state index is -4.55. The molecule has 22 heavy (non-hydrogen) atoms. The summed E-state index contributed by atoms with van der Waals surface area (Å²) in [6.07, 6.45) is 0. The van der Waals surface area contributed by atoms with Crippen molar-refractivity contribution in [2.75, 3.05) is 24.9 Å². The predicted octanol–water partition coefficient (Wildman–Crippen LogP) is -2.50. The van der Waals surface area contributed by atoms with Crippen molar-refractivity contribution >= 4 is 30.4 Å². The number of hydrogen-bond donors (Lipinski definition) is 10. The number of nitrogens with two attached hydrogens (primary N) is 2. The van der Waals surface area contributed by atoms with Crippen LogP contribution in [0.5, 0.6) is 0 Å². The molecule has 0 saturated heterocycles. The van der Waals surface area contributed by atoms with Gasteiger partial charge in [0.25, 0.3) is 0 Å². The molecule has 0 saturated carbocycles. The van der Waals surface area contributed by atoms with Crippen LogP contribution in [0.15, 0.2) is 0 Å². The molecule has 0 aliphatic rings. The van der Waals surface area contributed by atoms with E-state index in [0.717, 1.165) is 0 Å². The average Bonchev–Trinajstić information content (AvgIpc) is 2.06. The number of rotatable bonds is 5. The lowest BCUT2D eigenvalue weighted by molar-refractivity contribution is 0.352. The zero-order valence-electron chi connectivity index (χ0n) is 11.0. The van der Waals surface area contributed by atoms with Gasteiger partial charge in [-0.25, -0.2) is 0 Å². The van der Waals surface area contributed by atoms with Crippen molar-refractivity contribution in [3.05, 3.63) is 0 Å². The fourth-order valence-corrected chi connectivity index (χ4v) is 4.32. The SMILES string of the molecule is NCCN.O=P(O)(O)CP(=O)(O)O.O=P(O)(O)CP(=O)(O)O. The van der Waals surface area contributed by atoms with E-state index in [1.165, 1.54) is 0 Å². The van der Waals surface area contributed by atoms with Gasteiger partial charge in [-0.2, -0.15) is 0 Å². The third-order valence-electron chi connectivity index (χ3n) is 0.904. The molecule has 138 valence electrons. The summed E-state index contributed by atoms with van der Waals surface area (Å²) in [5.41, 5.74) is 9.81. The fraction of sp³-hybridized carbons (Fsp3) is 1.00. The van der Waals surface area contributed by atoms with E-state index >= 15 is 0 Å². The lowest BCUT2D eigenvalue weighted by Crippen LogP contribution is -2.11. The van der Waals surface area contributed by atoms with Crippen molar-refractivity contribution in [3.8, 4) is 0 Å². The first kappa shape index (κ1) is 27.4. The predicted molar refractivity (Wildman–Crippen MR) is 76.0 cm³/mol. The van der Waals surface area contributed by atoms with Crippen LogP contribution >= 0.6 is 30.4 Å². The first-order valence-electron chi connectivity index (χ1n) is 4.91. The monoisotopic (exact) mass is 412 g/mol. The van der Waals surface area contributed by atoms with Crippen LogP contribution in [-0.2, 0) is 18.3 Å². The summed E-state index contributed by atoms with van der Waals surface area (Å²) in [5, 5.41) is 0. The Bertz CT molecular complexity index is 386. The summed E-state index contributed by atoms with van der Waals surface area (Å²) in [6.45, 7) is 1.19. The van der Waals surface area contributed by atoms with Crippen LogP contribution in [0, 0.1) is 0 Å². The zero-order valence-corrected chi connectivity index (χ0v) is 14.6. The van der Waals surface area contributed by atoms with Crippen molar-refractivity contribution in [2.45, 2.75) is 0 Å². The van der Waals surface area contributed by atoms with E-state index in [4.69, 9.17) is 50.6 Å². The van der Waals surface area contributed by atoms with Crippen LogP contribution in [0.2, 0.25) is 0 Å². The molecule has 0 aromatic heterocycles. The van der Waals surface area contributed by atoms with Crippen molar-refractivity contribution < 1.29 is 57.4 Å². The van der Waals surface area contributed by atoms with Gasteiger partial charge in [-0.15, -0.1) is 0 Å². The molecule has 12 N–H and O–H groups in total. The van der Waals surface area contributed by atoms with Gasteiger partial charge in [0.05, 0.1) is 0 Å². The van der Waals surface area contributed by atoms with Gasteiger partial charge in [-0.05, 0) is 0 Å². The Morgan fingerprint density at radius 2 is 0.636 bits per heavy atom. The van der Waals surface area contributed by atoms with E-state index in [1.807, 2.05) is 0 Å². The number of hydrogen-bond acceptors (Lipinski definition) is 6. The van der Waals surface area contributed by atoms with Gasteiger partial charge in [-0.3, -0.25) is 18.3 Å². The topological polar surface area (TPSA) is 282 Å². The lowest BCUT2D eigenvalue weighted by Gasteiger charge is -2.03. The highest BCUT2D eigenvalue weighted by atomic mass is 31.2. The molecule has 0 aromatic carbocycles. The van der Waals surface area contributed by atoms with Crippen molar-refractivity contribution in [3.63, 3.8) is 0 Å². The van der Waals surface area contributed by atoms with E-state index in [9.17, 15) is 18.3 Å². The zero-order chi connectivity index (χ0) is 18.8. The molecule has 0 heterocycles. The van der Waals surface area contributed by atoms with Crippen LogP contribution in [0.1, 0.15) is 0 Å². The summed E-state index contributed by atoms with van der Waals surface area (Å²) in [4.78, 5) is 63.8. The highest BCUT2D eigenvalue weighted by Gasteiger charge is 2.27. The smallest absolute Gasteiger partial charge is 0.329 e. The third kappa shape index (κ3) is 42.8. The summed E-state index contributed by atoms with van der Waals surface area (Å²) in [5.74, 6) is -2.75. The maximum Gasteiger partial charge on any atom is 0.337 e. The Kier molecular flexibility index (Phi) is 13.9. The molecule has 0 aromatic rings. The molecule has 0 radical (unpaired) electrons. The molecule has 0 unspecified atom stereocenters. The van der Waals surface area contributed by atoms with Crippen LogP contribution < -0.4 is 11.5 Å². The molecular formula is C4H20N2O12P4. The molecule has 0 rings (SSSR count). The fourth-order valence-electron chi connectivity index (χ4n) is 0.480. The van der Waals surface area contributed by atoms with E-state index in [2.05, 4.69) is 0 Å². The maximum atomic E-state index is 9.85. The van der Waals surface area contributed by atoms with Gasteiger partial charge in [0, 0.05) is 13.1 Å². The molecule has 18 heteroatoms. The largest absolute Gasteiger partial charge is 0.337 e. The van der Waals surface area contributed by atoms with Gasteiger partial charge in [0.2, 0.25) is 0 Å².